The fourth-order valence-electron chi connectivity index (χ4n) is 1.31. The van der Waals surface area contributed by atoms with Gasteiger partial charge in [0.2, 0.25) is 0 Å². The van der Waals surface area contributed by atoms with Crippen LogP contribution in [-0.2, 0) is 4.74 Å². The summed E-state index contributed by atoms with van der Waals surface area (Å²) in [7, 11) is 1.55. The highest BCUT2D eigenvalue weighted by Crippen LogP contribution is 2.30. The van der Waals surface area contributed by atoms with Gasteiger partial charge >= 0.3 is 0 Å². The molecule has 2 aromatic rings. The molecule has 1 aromatic heterocycles. The molecule has 18 heavy (non-hydrogen) atoms. The van der Waals surface area contributed by atoms with Gasteiger partial charge < -0.3 is 9.47 Å². The number of ether oxygens (including phenoxy) is 2. The Labute approximate surface area is 117 Å². The minimum atomic E-state index is 0.143. The van der Waals surface area contributed by atoms with E-state index in [1.807, 2.05) is 18.2 Å². The van der Waals surface area contributed by atoms with Gasteiger partial charge in [-0.2, -0.15) is 0 Å². The number of hydrogen-bond donors (Lipinski definition) is 0. The van der Waals surface area contributed by atoms with Crippen molar-refractivity contribution in [3.05, 3.63) is 34.0 Å². The minimum absolute atomic E-state index is 0.143. The summed E-state index contributed by atoms with van der Waals surface area (Å²) >= 11 is 9.03. The van der Waals surface area contributed by atoms with Crippen LogP contribution in [0.15, 0.2) is 28.9 Å². The first kappa shape index (κ1) is 13.2. The molecule has 7 heteroatoms. The Hall–Kier alpha value is -1.24. The third-order valence-electron chi connectivity index (χ3n) is 2.05. The summed E-state index contributed by atoms with van der Waals surface area (Å²) in [5.41, 5.74) is 0.722. The van der Waals surface area contributed by atoms with Crippen LogP contribution in [0.1, 0.15) is 0 Å². The monoisotopic (exact) mass is 329 g/mol. The summed E-state index contributed by atoms with van der Waals surface area (Å²) in [4.78, 5) is 4.11. The molecule has 0 aliphatic rings. The zero-order chi connectivity index (χ0) is 13.0. The Kier molecular flexibility index (Phi) is 4.46. The molecule has 0 aliphatic carbocycles. The molecule has 0 aliphatic heterocycles. The molecule has 0 amide bonds. The van der Waals surface area contributed by atoms with Gasteiger partial charge in [-0.15, -0.1) is 10.2 Å². The zero-order valence-corrected chi connectivity index (χ0v) is 11.8. The molecule has 0 spiro atoms. The van der Waals surface area contributed by atoms with Crippen molar-refractivity contribution in [3.8, 4) is 17.1 Å². The third kappa shape index (κ3) is 3.16. The zero-order valence-electron chi connectivity index (χ0n) is 9.43. The van der Waals surface area contributed by atoms with E-state index in [1.54, 1.807) is 7.11 Å². The average molecular weight is 331 g/mol. The lowest BCUT2D eigenvalue weighted by molar-refractivity contribution is 0.0514. The van der Waals surface area contributed by atoms with E-state index in [0.29, 0.717) is 11.6 Å². The molecule has 1 heterocycles. The lowest BCUT2D eigenvalue weighted by atomic mass is 10.2. The van der Waals surface area contributed by atoms with Crippen molar-refractivity contribution < 1.29 is 9.47 Å². The summed E-state index contributed by atoms with van der Waals surface area (Å²) in [6.45, 7) is 0.143. The van der Waals surface area contributed by atoms with Gasteiger partial charge in [0, 0.05) is 11.6 Å². The van der Waals surface area contributed by atoms with Crippen LogP contribution >= 0.6 is 27.5 Å². The van der Waals surface area contributed by atoms with Crippen LogP contribution in [0.5, 0.6) is 5.75 Å². The first-order valence-corrected chi connectivity index (χ1v) is 6.14. The van der Waals surface area contributed by atoms with Gasteiger partial charge in [-0.3, -0.25) is 0 Å². The van der Waals surface area contributed by atoms with Gasteiger partial charge in [0.15, 0.2) is 17.8 Å². The second-order valence-corrected chi connectivity index (χ2v) is 4.60. The van der Waals surface area contributed by atoms with E-state index >= 15 is 0 Å². The quantitative estimate of drug-likeness (QED) is 0.807. The standard InChI is InChI=1S/C11H9BrClN3O2/c1-17-6-18-9-4-7(12)2-3-8(9)11-14-5-10(13)15-16-11/h2-5H,6H2,1H3. The highest BCUT2D eigenvalue weighted by Gasteiger charge is 2.10. The van der Waals surface area contributed by atoms with Crippen LogP contribution in [0.4, 0.5) is 0 Å². The van der Waals surface area contributed by atoms with Crippen molar-refractivity contribution in [1.29, 1.82) is 0 Å². The van der Waals surface area contributed by atoms with Gasteiger partial charge in [0.1, 0.15) is 5.75 Å². The Morgan fingerprint density at radius 2 is 2.17 bits per heavy atom. The highest BCUT2D eigenvalue weighted by atomic mass is 79.9. The van der Waals surface area contributed by atoms with Gasteiger partial charge in [-0.25, -0.2) is 4.98 Å². The van der Waals surface area contributed by atoms with Gasteiger partial charge in [-0.1, -0.05) is 27.5 Å². The van der Waals surface area contributed by atoms with Gasteiger partial charge in [0.05, 0.1) is 11.8 Å². The summed E-state index contributed by atoms with van der Waals surface area (Å²) in [6.07, 6.45) is 1.44. The lowest BCUT2D eigenvalue weighted by Gasteiger charge is -2.09. The molecule has 0 radical (unpaired) electrons. The van der Waals surface area contributed by atoms with E-state index in [2.05, 4.69) is 31.1 Å². The average Bonchev–Trinajstić information content (AvgIpc) is 2.38. The van der Waals surface area contributed by atoms with Crippen LogP contribution in [-0.4, -0.2) is 29.1 Å². The smallest absolute Gasteiger partial charge is 0.188 e. The van der Waals surface area contributed by atoms with E-state index in [0.717, 1.165) is 10.0 Å². The fourth-order valence-corrected chi connectivity index (χ4v) is 1.73. The second kappa shape index (κ2) is 6.08. The molecular formula is C11H9BrClN3O2. The van der Waals surface area contributed by atoms with E-state index < -0.39 is 0 Å². The molecule has 0 unspecified atom stereocenters. The normalized spacial score (nSPS) is 10.4. The largest absolute Gasteiger partial charge is 0.467 e. The van der Waals surface area contributed by atoms with Gasteiger partial charge in [0.25, 0.3) is 0 Å². The molecule has 1 aromatic carbocycles. The fraction of sp³-hybridized carbons (Fsp3) is 0.182. The first-order valence-electron chi connectivity index (χ1n) is 4.97. The number of nitrogens with zero attached hydrogens (tertiary/aromatic N) is 3. The highest BCUT2D eigenvalue weighted by molar-refractivity contribution is 9.10. The Balaban J connectivity index is 2.39. The van der Waals surface area contributed by atoms with Crippen molar-refractivity contribution in [2.45, 2.75) is 0 Å². The summed E-state index contributed by atoms with van der Waals surface area (Å²) in [6, 6.07) is 5.51. The molecule has 2 rings (SSSR count). The maximum absolute atomic E-state index is 5.65. The van der Waals surface area contributed by atoms with E-state index in [9.17, 15) is 0 Å². The van der Waals surface area contributed by atoms with Crippen molar-refractivity contribution in [2.24, 2.45) is 0 Å². The van der Waals surface area contributed by atoms with Crippen LogP contribution in [0.25, 0.3) is 11.4 Å². The number of aromatic nitrogens is 3. The number of hydrogen-bond acceptors (Lipinski definition) is 5. The first-order chi connectivity index (χ1) is 8.70. The van der Waals surface area contributed by atoms with Crippen LogP contribution in [0.2, 0.25) is 5.15 Å². The van der Waals surface area contributed by atoms with E-state index in [1.165, 1.54) is 6.20 Å². The van der Waals surface area contributed by atoms with Crippen molar-refractivity contribution in [2.75, 3.05) is 13.9 Å². The lowest BCUT2D eigenvalue weighted by Crippen LogP contribution is -2.01. The summed E-state index contributed by atoms with van der Waals surface area (Å²) < 4.78 is 11.2. The summed E-state index contributed by atoms with van der Waals surface area (Å²) in [5.74, 6) is 1.05. The Morgan fingerprint density at radius 3 is 2.83 bits per heavy atom. The number of methoxy groups -OCH3 is 1. The topological polar surface area (TPSA) is 57.1 Å². The molecule has 0 saturated carbocycles. The van der Waals surface area contributed by atoms with Crippen molar-refractivity contribution in [1.82, 2.24) is 15.2 Å². The SMILES string of the molecule is COCOc1cc(Br)ccc1-c1ncc(Cl)nn1. The number of benzene rings is 1. The predicted octanol–water partition coefficient (Wildman–Crippen LogP) is 2.94. The molecule has 0 atom stereocenters. The Bertz CT molecular complexity index is 536. The minimum Gasteiger partial charge on any atom is -0.467 e. The van der Waals surface area contributed by atoms with Crippen molar-refractivity contribution >= 4 is 27.5 Å². The third-order valence-corrected chi connectivity index (χ3v) is 2.72. The van der Waals surface area contributed by atoms with E-state index in [4.69, 9.17) is 21.1 Å². The van der Waals surface area contributed by atoms with Crippen molar-refractivity contribution in [3.63, 3.8) is 0 Å². The molecule has 0 saturated heterocycles. The summed E-state index contributed by atoms with van der Waals surface area (Å²) in [5, 5.41) is 7.92. The molecular weight excluding hydrogens is 321 g/mol. The molecule has 0 N–H and O–H groups in total. The van der Waals surface area contributed by atoms with Gasteiger partial charge in [-0.05, 0) is 18.2 Å². The number of rotatable bonds is 4. The molecule has 0 fully saturated rings. The predicted molar refractivity (Wildman–Crippen MR) is 70.5 cm³/mol. The maximum Gasteiger partial charge on any atom is 0.188 e. The van der Waals surface area contributed by atoms with Crippen LogP contribution in [0, 0.1) is 0 Å². The van der Waals surface area contributed by atoms with Crippen LogP contribution < -0.4 is 4.74 Å². The molecule has 5 nitrogen and oxygen atoms in total. The Morgan fingerprint density at radius 1 is 1.33 bits per heavy atom. The van der Waals surface area contributed by atoms with Crippen LogP contribution in [0.3, 0.4) is 0 Å². The molecule has 0 bridgehead atoms. The van der Waals surface area contributed by atoms with E-state index in [-0.39, 0.29) is 11.9 Å². The molecule has 94 valence electrons. The maximum atomic E-state index is 5.65. The number of halogens is 2. The second-order valence-electron chi connectivity index (χ2n) is 3.30.